The van der Waals surface area contributed by atoms with Crippen molar-refractivity contribution in [1.82, 2.24) is 0 Å². The Bertz CT molecular complexity index is 765. The van der Waals surface area contributed by atoms with Gasteiger partial charge in [-0.2, -0.15) is 0 Å². The topological polar surface area (TPSA) is 55.8 Å². The van der Waals surface area contributed by atoms with E-state index in [1.165, 1.54) is 5.56 Å². The summed E-state index contributed by atoms with van der Waals surface area (Å²) in [7, 11) is 1.65. The number of Topliss-reactive ketones (excluding diaryl/α,β-unsaturated/α-hetero) is 1. The number of carbonyl (C=O) groups excluding carboxylic acids is 1. The van der Waals surface area contributed by atoms with Crippen LogP contribution in [0.25, 0.3) is 0 Å². The molecule has 0 spiro atoms. The highest BCUT2D eigenvalue weighted by atomic mass is 16.5. The minimum Gasteiger partial charge on any atom is -0.497 e. The summed E-state index contributed by atoms with van der Waals surface area (Å²) in [4.78, 5) is 13.4. The minimum absolute atomic E-state index is 0.0404. The molecule has 1 fully saturated rings. The van der Waals surface area contributed by atoms with Crippen LogP contribution in [-0.2, 0) is 22.4 Å². The van der Waals surface area contributed by atoms with Gasteiger partial charge in [0.05, 0.1) is 13.2 Å². The molecule has 2 aromatic rings. The molecule has 1 N–H and O–H groups in total. The first-order valence-electron chi connectivity index (χ1n) is 11.0. The Labute approximate surface area is 180 Å². The van der Waals surface area contributed by atoms with Gasteiger partial charge < -0.3 is 14.6 Å². The van der Waals surface area contributed by atoms with Crippen LogP contribution in [-0.4, -0.2) is 37.3 Å². The summed E-state index contributed by atoms with van der Waals surface area (Å²) in [5.74, 6) is 1.03. The molecule has 0 bridgehead atoms. The van der Waals surface area contributed by atoms with Gasteiger partial charge in [-0.15, -0.1) is 0 Å². The molecule has 1 saturated heterocycles. The fourth-order valence-electron chi connectivity index (χ4n) is 4.31. The van der Waals surface area contributed by atoms with Crippen molar-refractivity contribution in [3.8, 4) is 5.75 Å². The molecular weight excluding hydrogens is 376 g/mol. The predicted octanol–water partition coefficient (Wildman–Crippen LogP) is 4.48. The number of hydrogen-bond donors (Lipinski definition) is 1. The van der Waals surface area contributed by atoms with E-state index in [2.05, 4.69) is 19.1 Å². The van der Waals surface area contributed by atoms with Gasteiger partial charge in [-0.25, -0.2) is 0 Å². The molecule has 30 heavy (non-hydrogen) atoms. The van der Waals surface area contributed by atoms with Crippen molar-refractivity contribution in [2.75, 3.05) is 20.3 Å². The molecule has 4 heteroatoms. The highest BCUT2D eigenvalue weighted by Crippen LogP contribution is 2.28. The lowest BCUT2D eigenvalue weighted by Crippen LogP contribution is -2.34. The smallest absolute Gasteiger partial charge is 0.139 e. The van der Waals surface area contributed by atoms with E-state index >= 15 is 0 Å². The Hall–Kier alpha value is -2.17. The molecule has 3 atom stereocenters. The van der Waals surface area contributed by atoms with Crippen LogP contribution in [0.3, 0.4) is 0 Å². The van der Waals surface area contributed by atoms with E-state index in [9.17, 15) is 9.90 Å². The number of ether oxygens (including phenoxy) is 2. The third-order valence-electron chi connectivity index (χ3n) is 6.25. The molecule has 3 unspecified atom stereocenters. The number of carbonyl (C=O) groups is 1. The molecule has 162 valence electrons. The van der Waals surface area contributed by atoms with Gasteiger partial charge in [-0.05, 0) is 61.3 Å². The summed E-state index contributed by atoms with van der Waals surface area (Å²) >= 11 is 0. The fourth-order valence-corrected chi connectivity index (χ4v) is 4.31. The second kappa shape index (κ2) is 11.3. The highest BCUT2D eigenvalue weighted by molar-refractivity contribution is 5.83. The monoisotopic (exact) mass is 410 g/mol. The number of methoxy groups -OCH3 is 1. The van der Waals surface area contributed by atoms with Crippen molar-refractivity contribution in [1.29, 1.82) is 0 Å². The summed E-state index contributed by atoms with van der Waals surface area (Å²) in [5.41, 5.74) is 2.32. The van der Waals surface area contributed by atoms with Crippen LogP contribution in [0.4, 0.5) is 0 Å². The molecule has 2 aromatic carbocycles. The van der Waals surface area contributed by atoms with Gasteiger partial charge >= 0.3 is 0 Å². The van der Waals surface area contributed by atoms with Crippen molar-refractivity contribution in [3.05, 3.63) is 65.7 Å². The van der Waals surface area contributed by atoms with Crippen molar-refractivity contribution < 1.29 is 19.4 Å². The maximum absolute atomic E-state index is 13.4. The van der Waals surface area contributed by atoms with Crippen molar-refractivity contribution in [2.24, 2.45) is 17.8 Å². The highest BCUT2D eigenvalue weighted by Gasteiger charge is 2.31. The Morgan fingerprint density at radius 2 is 1.67 bits per heavy atom. The van der Waals surface area contributed by atoms with Gasteiger partial charge in [0.25, 0.3) is 0 Å². The SMILES string of the molecule is COc1ccc(CC(CC(O)C(C)Cc2ccccc2)C(=O)C2CCOCC2)cc1. The van der Waals surface area contributed by atoms with Crippen molar-refractivity contribution >= 4 is 5.78 Å². The van der Waals surface area contributed by atoms with Crippen LogP contribution in [0.1, 0.15) is 37.3 Å². The first-order valence-corrected chi connectivity index (χ1v) is 11.0. The van der Waals surface area contributed by atoms with Crippen LogP contribution in [0, 0.1) is 17.8 Å². The maximum Gasteiger partial charge on any atom is 0.139 e. The van der Waals surface area contributed by atoms with E-state index in [1.807, 2.05) is 42.5 Å². The summed E-state index contributed by atoms with van der Waals surface area (Å²) in [5, 5.41) is 11.0. The van der Waals surface area contributed by atoms with Gasteiger partial charge in [-0.3, -0.25) is 4.79 Å². The summed E-state index contributed by atoms with van der Waals surface area (Å²) in [6.07, 6.45) is 3.01. The zero-order valence-electron chi connectivity index (χ0n) is 18.1. The Morgan fingerprint density at radius 3 is 2.30 bits per heavy atom. The average molecular weight is 411 g/mol. The lowest BCUT2D eigenvalue weighted by molar-refractivity contribution is -0.131. The molecule has 0 radical (unpaired) electrons. The summed E-state index contributed by atoms with van der Waals surface area (Å²) in [6.45, 7) is 3.37. The molecule has 0 aliphatic carbocycles. The van der Waals surface area contributed by atoms with E-state index in [-0.39, 0.29) is 23.5 Å². The second-order valence-corrected chi connectivity index (χ2v) is 8.51. The van der Waals surface area contributed by atoms with E-state index in [1.54, 1.807) is 7.11 Å². The van der Waals surface area contributed by atoms with Crippen molar-refractivity contribution in [2.45, 2.75) is 45.1 Å². The first-order chi connectivity index (χ1) is 14.6. The van der Waals surface area contributed by atoms with Gasteiger partial charge in [0.15, 0.2) is 0 Å². The van der Waals surface area contributed by atoms with Gasteiger partial charge in [-0.1, -0.05) is 49.4 Å². The number of hydrogen-bond acceptors (Lipinski definition) is 4. The third-order valence-corrected chi connectivity index (χ3v) is 6.25. The summed E-state index contributed by atoms with van der Waals surface area (Å²) in [6, 6.07) is 18.1. The van der Waals surface area contributed by atoms with Gasteiger partial charge in [0, 0.05) is 25.0 Å². The zero-order valence-corrected chi connectivity index (χ0v) is 18.1. The number of ketones is 1. The molecule has 4 nitrogen and oxygen atoms in total. The molecule has 1 aliphatic heterocycles. The Kier molecular flexibility index (Phi) is 8.47. The predicted molar refractivity (Wildman–Crippen MR) is 119 cm³/mol. The molecule has 1 aliphatic rings. The molecule has 0 aromatic heterocycles. The van der Waals surface area contributed by atoms with E-state index in [0.29, 0.717) is 26.1 Å². The van der Waals surface area contributed by atoms with E-state index in [0.717, 1.165) is 30.6 Å². The van der Waals surface area contributed by atoms with E-state index in [4.69, 9.17) is 9.47 Å². The van der Waals surface area contributed by atoms with Crippen LogP contribution in [0.5, 0.6) is 5.75 Å². The Morgan fingerprint density at radius 1 is 1.03 bits per heavy atom. The minimum atomic E-state index is -0.516. The summed E-state index contributed by atoms with van der Waals surface area (Å²) < 4.78 is 10.7. The van der Waals surface area contributed by atoms with Crippen LogP contribution < -0.4 is 4.74 Å². The zero-order chi connectivity index (χ0) is 21.3. The van der Waals surface area contributed by atoms with Gasteiger partial charge in [0.2, 0.25) is 0 Å². The lowest BCUT2D eigenvalue weighted by atomic mass is 9.79. The number of rotatable bonds is 10. The molecule has 0 amide bonds. The number of benzene rings is 2. The molecule has 3 rings (SSSR count). The van der Waals surface area contributed by atoms with Gasteiger partial charge in [0.1, 0.15) is 11.5 Å². The molecular formula is C26H34O4. The average Bonchev–Trinajstić information content (AvgIpc) is 2.79. The quantitative estimate of drug-likeness (QED) is 0.627. The third kappa shape index (κ3) is 6.41. The number of aliphatic hydroxyl groups is 1. The fraction of sp³-hybridized carbons (Fsp3) is 0.500. The van der Waals surface area contributed by atoms with Crippen LogP contribution >= 0.6 is 0 Å². The largest absolute Gasteiger partial charge is 0.497 e. The second-order valence-electron chi connectivity index (χ2n) is 8.51. The van der Waals surface area contributed by atoms with Crippen LogP contribution in [0.2, 0.25) is 0 Å². The normalized spacial score (nSPS) is 17.8. The Balaban J connectivity index is 1.69. The lowest BCUT2D eigenvalue weighted by Gasteiger charge is -2.28. The molecule has 1 heterocycles. The van der Waals surface area contributed by atoms with Crippen LogP contribution in [0.15, 0.2) is 54.6 Å². The molecule has 0 saturated carbocycles. The maximum atomic E-state index is 13.4. The first kappa shape index (κ1) is 22.5. The van der Waals surface area contributed by atoms with E-state index < -0.39 is 6.10 Å². The standard InChI is InChI=1S/C26H34O4/c1-19(16-20-6-4-3-5-7-20)25(27)18-23(26(28)22-12-14-30-15-13-22)17-21-8-10-24(29-2)11-9-21/h3-11,19,22-23,25,27H,12-18H2,1-2H3. The van der Waals surface area contributed by atoms with Crippen molar-refractivity contribution in [3.63, 3.8) is 0 Å². The number of aliphatic hydroxyl groups excluding tert-OH is 1.